The summed E-state index contributed by atoms with van der Waals surface area (Å²) in [6, 6.07) is 5.20. The molecule has 19 heavy (non-hydrogen) atoms. The summed E-state index contributed by atoms with van der Waals surface area (Å²) in [6.07, 6.45) is -0.649. The Balaban J connectivity index is 0.000000555. The van der Waals surface area contributed by atoms with Gasteiger partial charge in [0.25, 0.3) is 5.69 Å². The first-order chi connectivity index (χ1) is 8.90. The first-order valence-corrected chi connectivity index (χ1v) is 5.96. The van der Waals surface area contributed by atoms with E-state index in [-0.39, 0.29) is 17.3 Å². The van der Waals surface area contributed by atoms with E-state index < -0.39 is 11.0 Å². The first kappa shape index (κ1) is 17.2. The van der Waals surface area contributed by atoms with Gasteiger partial charge in [0, 0.05) is 19.1 Å². The highest BCUT2D eigenvalue weighted by atomic mass is 31.0. The van der Waals surface area contributed by atoms with Crippen molar-refractivity contribution in [1.29, 1.82) is 0 Å². The number of nitro benzene ring substituents is 1. The fraction of sp³-hybridized carbons (Fsp3) is 0.111. The van der Waals surface area contributed by atoms with Crippen LogP contribution in [-0.2, 0) is 4.79 Å². The zero-order valence-corrected chi connectivity index (χ0v) is 12.3. The van der Waals surface area contributed by atoms with E-state index in [0.717, 1.165) is 0 Å². The van der Waals surface area contributed by atoms with Crippen molar-refractivity contribution >= 4 is 36.5 Å². The summed E-state index contributed by atoms with van der Waals surface area (Å²) < 4.78 is 4.70. The minimum Gasteiger partial charge on any atom is -0.410 e. The molecule has 2 atom stereocenters. The van der Waals surface area contributed by atoms with E-state index in [2.05, 4.69) is 19.6 Å². The van der Waals surface area contributed by atoms with E-state index in [9.17, 15) is 19.7 Å². The number of hydrogen-bond acceptors (Lipinski definition) is 5. The molecular weight excluding hydrogens is 292 g/mol. The van der Waals surface area contributed by atoms with Crippen molar-refractivity contribution in [2.75, 3.05) is 0 Å². The summed E-state index contributed by atoms with van der Waals surface area (Å²) in [5.41, 5.74) is -0.0522. The number of ether oxygens (including phenoxy) is 1. The minimum absolute atomic E-state index is 0.0324. The molecule has 0 spiro atoms. The van der Waals surface area contributed by atoms with Gasteiger partial charge in [0.15, 0.2) is 0 Å². The molecule has 0 aliphatic rings. The van der Waals surface area contributed by atoms with Crippen LogP contribution >= 0.6 is 18.8 Å². The zero-order chi connectivity index (χ0) is 14.8. The third kappa shape index (κ3) is 8.02. The van der Waals surface area contributed by atoms with Crippen LogP contribution in [0.25, 0.3) is 0 Å². The highest BCUT2D eigenvalue weighted by molar-refractivity contribution is 7.15. The number of benzene rings is 1. The van der Waals surface area contributed by atoms with Crippen LogP contribution in [0.1, 0.15) is 6.92 Å². The number of nitrogens with one attached hydrogen (secondary N) is 2. The molecule has 2 amide bonds. The number of carbonyl (C=O) groups excluding carboxylic acids is 2. The van der Waals surface area contributed by atoms with Crippen molar-refractivity contribution in [3.8, 4) is 5.75 Å². The molecule has 0 heterocycles. The standard InChI is InChI=1S/C7H7N2O4P.C2H6NOP/c10-7(8-14)13-6-3-1-5(2-4-6)9(11)12;1-2(4)3-5/h1-4H,14H2,(H,8,10);5H2,1H3,(H,3,4). The predicted octanol–water partition coefficient (Wildman–Crippen LogP) is 1.39. The Labute approximate surface area is 113 Å². The van der Waals surface area contributed by atoms with E-state index in [1.165, 1.54) is 31.2 Å². The summed E-state index contributed by atoms with van der Waals surface area (Å²) in [4.78, 5) is 30.1. The van der Waals surface area contributed by atoms with Gasteiger partial charge in [0.05, 0.1) is 4.92 Å². The van der Waals surface area contributed by atoms with Gasteiger partial charge in [-0.1, -0.05) is 0 Å². The highest BCUT2D eigenvalue weighted by Crippen LogP contribution is 2.17. The van der Waals surface area contributed by atoms with Gasteiger partial charge < -0.3 is 14.9 Å². The number of nitrogens with zero attached hydrogens (tertiary/aromatic N) is 1. The summed E-state index contributed by atoms with van der Waals surface area (Å²) in [5.74, 6) is 0.213. The Morgan fingerprint density at radius 3 is 2.00 bits per heavy atom. The molecule has 1 aromatic rings. The number of non-ortho nitro benzene ring substituents is 1. The molecule has 2 unspecified atom stereocenters. The lowest BCUT2D eigenvalue weighted by atomic mass is 10.3. The molecule has 0 saturated carbocycles. The van der Waals surface area contributed by atoms with Gasteiger partial charge in [-0.15, -0.1) is 0 Å². The minimum atomic E-state index is -0.649. The lowest BCUT2D eigenvalue weighted by Crippen LogP contribution is -2.16. The zero-order valence-electron chi connectivity index (χ0n) is 9.95. The largest absolute Gasteiger partial charge is 0.415 e. The highest BCUT2D eigenvalue weighted by Gasteiger charge is 2.06. The lowest BCUT2D eigenvalue weighted by Gasteiger charge is -2.01. The van der Waals surface area contributed by atoms with Gasteiger partial charge in [0.2, 0.25) is 5.91 Å². The second kappa shape index (κ2) is 9.19. The van der Waals surface area contributed by atoms with Crippen LogP contribution < -0.4 is 14.9 Å². The molecule has 0 bridgehead atoms. The molecule has 10 heteroatoms. The number of hydrogen-bond donors (Lipinski definition) is 2. The van der Waals surface area contributed by atoms with E-state index in [1.807, 2.05) is 9.39 Å². The van der Waals surface area contributed by atoms with Crippen LogP contribution in [0.2, 0.25) is 0 Å². The van der Waals surface area contributed by atoms with Gasteiger partial charge in [-0.25, -0.2) is 4.79 Å². The van der Waals surface area contributed by atoms with Crippen LogP contribution in [0.3, 0.4) is 0 Å². The monoisotopic (exact) mass is 305 g/mol. The quantitative estimate of drug-likeness (QED) is 0.487. The fourth-order valence-corrected chi connectivity index (χ4v) is 0.831. The lowest BCUT2D eigenvalue weighted by molar-refractivity contribution is -0.384. The van der Waals surface area contributed by atoms with Crippen LogP contribution in [0, 0.1) is 10.1 Å². The summed E-state index contributed by atoms with van der Waals surface area (Å²) >= 11 is 0. The molecular formula is C9H13N3O5P2. The molecule has 0 fully saturated rings. The third-order valence-electron chi connectivity index (χ3n) is 1.58. The number of nitro groups is 1. The van der Waals surface area contributed by atoms with Crippen LogP contribution in [0.5, 0.6) is 5.75 Å². The maximum absolute atomic E-state index is 10.7. The summed E-state index contributed by atoms with van der Waals surface area (Å²) in [6.45, 7) is 1.45. The van der Waals surface area contributed by atoms with E-state index in [4.69, 9.17) is 4.74 Å². The van der Waals surface area contributed by atoms with Crippen molar-refractivity contribution in [3.63, 3.8) is 0 Å². The van der Waals surface area contributed by atoms with E-state index >= 15 is 0 Å². The Hall–Kier alpha value is -1.78. The number of carbonyl (C=O) groups is 2. The first-order valence-electron chi connectivity index (χ1n) is 4.80. The second-order valence-electron chi connectivity index (χ2n) is 2.99. The van der Waals surface area contributed by atoms with E-state index in [1.54, 1.807) is 0 Å². The van der Waals surface area contributed by atoms with Crippen LogP contribution in [0.15, 0.2) is 24.3 Å². The molecule has 1 aromatic carbocycles. The molecule has 104 valence electrons. The maximum atomic E-state index is 10.7. The number of rotatable bonds is 2. The molecule has 2 N–H and O–H groups in total. The maximum Gasteiger partial charge on any atom is 0.415 e. The average molecular weight is 305 g/mol. The van der Waals surface area contributed by atoms with Crippen molar-refractivity contribution in [1.82, 2.24) is 10.2 Å². The average Bonchev–Trinajstić information content (AvgIpc) is 2.39. The predicted molar refractivity (Wildman–Crippen MR) is 75.5 cm³/mol. The molecule has 0 saturated heterocycles. The van der Waals surface area contributed by atoms with Gasteiger partial charge in [-0.3, -0.25) is 14.9 Å². The van der Waals surface area contributed by atoms with Crippen molar-refractivity contribution in [2.24, 2.45) is 0 Å². The Morgan fingerprint density at radius 1 is 1.21 bits per heavy atom. The fourth-order valence-electron chi connectivity index (χ4n) is 0.772. The van der Waals surface area contributed by atoms with Crippen molar-refractivity contribution < 1.29 is 19.2 Å². The van der Waals surface area contributed by atoms with Gasteiger partial charge in [-0.2, -0.15) is 0 Å². The third-order valence-corrected chi connectivity index (χ3v) is 2.22. The number of amides is 2. The SMILES string of the molecule is CC(=O)NP.O=C(NP)Oc1ccc([N+](=O)[O-])cc1. The topological polar surface area (TPSA) is 111 Å². The van der Waals surface area contributed by atoms with Gasteiger partial charge in [0.1, 0.15) is 5.75 Å². The molecule has 0 aliphatic heterocycles. The summed E-state index contributed by atoms with van der Waals surface area (Å²) in [7, 11) is 4.08. The van der Waals surface area contributed by atoms with Crippen molar-refractivity contribution in [3.05, 3.63) is 34.4 Å². The molecule has 1 rings (SSSR count). The molecule has 0 radical (unpaired) electrons. The van der Waals surface area contributed by atoms with E-state index in [0.29, 0.717) is 0 Å². The molecule has 8 nitrogen and oxygen atoms in total. The molecule has 0 aromatic heterocycles. The molecule has 0 aliphatic carbocycles. The summed E-state index contributed by atoms with van der Waals surface area (Å²) in [5, 5.41) is 14.8. The van der Waals surface area contributed by atoms with Gasteiger partial charge >= 0.3 is 6.09 Å². The second-order valence-corrected chi connectivity index (χ2v) is 3.56. The van der Waals surface area contributed by atoms with Crippen LogP contribution in [-0.4, -0.2) is 16.9 Å². The Bertz CT molecular complexity index is 452. The van der Waals surface area contributed by atoms with Gasteiger partial charge in [-0.05, 0) is 30.9 Å². The Kier molecular flexibility index (Phi) is 8.33. The van der Waals surface area contributed by atoms with Crippen molar-refractivity contribution in [2.45, 2.75) is 6.92 Å². The normalized spacial score (nSPS) is 8.58. The smallest absolute Gasteiger partial charge is 0.410 e. The van der Waals surface area contributed by atoms with Crippen LogP contribution in [0.4, 0.5) is 10.5 Å². The Morgan fingerprint density at radius 2 is 1.68 bits per heavy atom.